The molecule has 8 heteroatoms. The zero-order valence-corrected chi connectivity index (χ0v) is 21.2. The fourth-order valence-electron chi connectivity index (χ4n) is 3.57. The van der Waals surface area contributed by atoms with Gasteiger partial charge in [-0.05, 0) is 48.4 Å². The monoisotopic (exact) mass is 556 g/mol. The summed E-state index contributed by atoms with van der Waals surface area (Å²) in [5, 5.41) is 8.88. The fraction of sp³-hybridized carbons (Fsp3) is 0.455. The Morgan fingerprint density at radius 2 is 2.03 bits per heavy atom. The number of benzene rings is 1. The molecule has 1 saturated carbocycles. The van der Waals surface area contributed by atoms with E-state index in [-0.39, 0.29) is 34.6 Å². The van der Waals surface area contributed by atoms with Crippen LogP contribution in [-0.4, -0.2) is 48.2 Å². The highest BCUT2D eigenvalue weighted by Gasteiger charge is 2.43. The number of amides is 1. The molecule has 1 aliphatic carbocycles. The third kappa shape index (κ3) is 6.13. The number of rotatable bonds is 7. The molecule has 1 amide bonds. The molecule has 2 aliphatic rings. The van der Waals surface area contributed by atoms with E-state index < -0.39 is 0 Å². The van der Waals surface area contributed by atoms with E-state index in [0.29, 0.717) is 13.0 Å². The number of guanidine groups is 1. The Morgan fingerprint density at radius 3 is 2.77 bits per heavy atom. The Morgan fingerprint density at radius 1 is 1.23 bits per heavy atom. The molecule has 0 bridgehead atoms. The van der Waals surface area contributed by atoms with Crippen LogP contribution < -0.4 is 10.6 Å². The lowest BCUT2D eigenvalue weighted by atomic mass is 10.1. The van der Waals surface area contributed by atoms with Crippen LogP contribution in [0.2, 0.25) is 0 Å². The average molecular weight is 557 g/mol. The van der Waals surface area contributed by atoms with Crippen LogP contribution in [0.25, 0.3) is 0 Å². The van der Waals surface area contributed by atoms with Gasteiger partial charge in [-0.15, -0.1) is 47.1 Å². The molecule has 5 nitrogen and oxygen atoms in total. The molecular formula is C22H29IN4OS2. The van der Waals surface area contributed by atoms with Crippen molar-refractivity contribution in [1.82, 2.24) is 15.5 Å². The Kier molecular flexibility index (Phi) is 8.47. The predicted octanol–water partition coefficient (Wildman–Crippen LogP) is 4.13. The highest BCUT2D eigenvalue weighted by Crippen LogP contribution is 2.51. The molecule has 1 fully saturated rings. The molecule has 0 unspecified atom stereocenters. The van der Waals surface area contributed by atoms with Crippen LogP contribution in [0.15, 0.2) is 51.7 Å². The van der Waals surface area contributed by atoms with Crippen LogP contribution in [0.4, 0.5) is 0 Å². The second kappa shape index (κ2) is 10.9. The first-order valence-corrected chi connectivity index (χ1v) is 11.9. The van der Waals surface area contributed by atoms with E-state index in [1.807, 2.05) is 16.7 Å². The first-order valence-electron chi connectivity index (χ1n) is 10.2. The number of hydrogen-bond acceptors (Lipinski definition) is 4. The summed E-state index contributed by atoms with van der Waals surface area (Å²) in [5.74, 6) is 0.986. The van der Waals surface area contributed by atoms with E-state index in [4.69, 9.17) is 0 Å². The molecule has 162 valence electrons. The summed E-state index contributed by atoms with van der Waals surface area (Å²) < 4.78 is 0.265. The Bertz CT molecular complexity index is 867. The largest absolute Gasteiger partial charge is 0.356 e. The molecule has 2 heterocycles. The van der Waals surface area contributed by atoms with Crippen molar-refractivity contribution in [3.8, 4) is 0 Å². The van der Waals surface area contributed by atoms with Crippen LogP contribution >= 0.6 is 47.1 Å². The smallest absolute Gasteiger partial charge is 0.224 e. The SMILES string of the molecule is CN=C(NCCC(=O)N1CCc2sccc2C1)NCC1(Sc2ccccc2)CC1.I. The highest BCUT2D eigenvalue weighted by molar-refractivity contribution is 14.0. The first kappa shape index (κ1) is 23.4. The van der Waals surface area contributed by atoms with E-state index >= 15 is 0 Å². The van der Waals surface area contributed by atoms with Crippen LogP contribution in [0.3, 0.4) is 0 Å². The Balaban J connectivity index is 0.00000256. The maximum Gasteiger partial charge on any atom is 0.224 e. The van der Waals surface area contributed by atoms with Crippen LogP contribution in [0.5, 0.6) is 0 Å². The summed E-state index contributed by atoms with van der Waals surface area (Å²) in [6.07, 6.45) is 3.91. The summed E-state index contributed by atoms with van der Waals surface area (Å²) in [4.78, 5) is 21.6. The van der Waals surface area contributed by atoms with Crippen molar-refractivity contribution in [3.05, 3.63) is 52.2 Å². The summed E-state index contributed by atoms with van der Waals surface area (Å²) in [7, 11) is 1.78. The van der Waals surface area contributed by atoms with E-state index in [0.717, 1.165) is 32.0 Å². The van der Waals surface area contributed by atoms with Gasteiger partial charge < -0.3 is 15.5 Å². The van der Waals surface area contributed by atoms with Gasteiger partial charge >= 0.3 is 0 Å². The molecule has 1 aromatic heterocycles. The molecule has 30 heavy (non-hydrogen) atoms. The molecule has 0 atom stereocenters. The van der Waals surface area contributed by atoms with Gasteiger partial charge in [0.2, 0.25) is 5.91 Å². The summed E-state index contributed by atoms with van der Waals surface area (Å²) in [5.41, 5.74) is 1.31. The number of thioether (sulfide) groups is 1. The van der Waals surface area contributed by atoms with Crippen molar-refractivity contribution in [3.63, 3.8) is 0 Å². The summed E-state index contributed by atoms with van der Waals surface area (Å²) >= 11 is 3.75. The number of fused-ring (bicyclic) bond motifs is 1. The van der Waals surface area contributed by atoms with Crippen molar-refractivity contribution in [2.45, 2.75) is 41.9 Å². The zero-order valence-electron chi connectivity index (χ0n) is 17.2. The second-order valence-corrected chi connectivity index (χ2v) is 10.2. The molecular weight excluding hydrogens is 527 g/mol. The molecule has 0 spiro atoms. The maximum absolute atomic E-state index is 12.6. The topological polar surface area (TPSA) is 56.7 Å². The van der Waals surface area contributed by atoms with Gasteiger partial charge in [0.1, 0.15) is 0 Å². The number of carbonyl (C=O) groups excluding carboxylic acids is 1. The lowest BCUT2D eigenvalue weighted by Crippen LogP contribution is -2.43. The normalized spacial score (nSPS) is 17.0. The van der Waals surface area contributed by atoms with Gasteiger partial charge in [-0.3, -0.25) is 9.79 Å². The van der Waals surface area contributed by atoms with Crippen molar-refractivity contribution in [2.24, 2.45) is 4.99 Å². The number of hydrogen-bond donors (Lipinski definition) is 2. The van der Waals surface area contributed by atoms with Gasteiger partial charge in [-0.2, -0.15) is 0 Å². The number of nitrogens with zero attached hydrogens (tertiary/aromatic N) is 2. The number of halogens is 1. The predicted molar refractivity (Wildman–Crippen MR) is 137 cm³/mol. The maximum atomic E-state index is 12.6. The molecule has 0 saturated heterocycles. The lowest BCUT2D eigenvalue weighted by molar-refractivity contribution is -0.131. The zero-order chi connectivity index (χ0) is 20.1. The number of aliphatic imine (C=N–C) groups is 1. The van der Waals surface area contributed by atoms with Gasteiger partial charge in [0, 0.05) is 54.2 Å². The molecule has 4 rings (SSSR count). The van der Waals surface area contributed by atoms with Gasteiger partial charge in [-0.1, -0.05) is 18.2 Å². The van der Waals surface area contributed by atoms with Crippen molar-refractivity contribution < 1.29 is 4.79 Å². The number of nitrogens with one attached hydrogen (secondary N) is 2. The minimum Gasteiger partial charge on any atom is -0.356 e. The van der Waals surface area contributed by atoms with E-state index in [1.54, 1.807) is 18.4 Å². The number of carbonyl (C=O) groups is 1. The van der Waals surface area contributed by atoms with Crippen molar-refractivity contribution in [2.75, 3.05) is 26.7 Å². The third-order valence-electron chi connectivity index (χ3n) is 5.48. The molecule has 1 aromatic carbocycles. The third-order valence-corrected chi connectivity index (χ3v) is 7.99. The molecule has 0 radical (unpaired) electrons. The van der Waals surface area contributed by atoms with Gasteiger partial charge in [0.25, 0.3) is 0 Å². The van der Waals surface area contributed by atoms with Gasteiger partial charge in [-0.25, -0.2) is 0 Å². The number of thiophene rings is 1. The Hall–Kier alpha value is -1.26. The molecule has 1 aliphatic heterocycles. The van der Waals surface area contributed by atoms with Crippen molar-refractivity contribution >= 4 is 58.9 Å². The highest BCUT2D eigenvalue weighted by atomic mass is 127. The fourth-order valence-corrected chi connectivity index (χ4v) is 5.70. The van der Waals surface area contributed by atoms with Crippen LogP contribution in [-0.2, 0) is 17.8 Å². The van der Waals surface area contributed by atoms with E-state index in [1.165, 1.54) is 28.2 Å². The molecule has 2 aromatic rings. The van der Waals surface area contributed by atoms with Crippen molar-refractivity contribution in [1.29, 1.82) is 0 Å². The standard InChI is InChI=1S/C22H28N4OS2.HI/c1-23-21(25-16-22(10-11-22)29-18-5-3-2-4-6-18)24-12-7-20(27)26-13-8-19-17(15-26)9-14-28-19;/h2-6,9,14H,7-8,10-13,15-16H2,1H3,(H2,23,24,25);1H. The van der Waals surface area contributed by atoms with Gasteiger partial charge in [0.15, 0.2) is 5.96 Å². The van der Waals surface area contributed by atoms with Crippen LogP contribution in [0.1, 0.15) is 29.7 Å². The summed E-state index contributed by atoms with van der Waals surface area (Å²) in [6, 6.07) is 12.7. The van der Waals surface area contributed by atoms with Crippen LogP contribution in [0, 0.1) is 0 Å². The van der Waals surface area contributed by atoms with E-state index in [2.05, 4.69) is 57.4 Å². The first-order chi connectivity index (χ1) is 14.2. The lowest BCUT2D eigenvalue weighted by Gasteiger charge is -2.27. The van der Waals surface area contributed by atoms with Gasteiger partial charge in [0.05, 0.1) is 0 Å². The quantitative estimate of drug-likeness (QED) is 0.306. The minimum absolute atomic E-state index is 0. The minimum atomic E-state index is 0. The second-order valence-electron chi connectivity index (χ2n) is 7.63. The average Bonchev–Trinajstić information content (AvgIpc) is 3.34. The van der Waals surface area contributed by atoms with E-state index in [9.17, 15) is 4.79 Å². The summed E-state index contributed by atoms with van der Waals surface area (Å²) in [6.45, 7) is 3.07. The molecule has 2 N–H and O–H groups in total. The Labute approximate surface area is 204 Å².